The van der Waals surface area contributed by atoms with Gasteiger partial charge in [0.25, 0.3) is 0 Å². The zero-order valence-corrected chi connectivity index (χ0v) is 10.5. The molecule has 3 nitrogen and oxygen atoms in total. The summed E-state index contributed by atoms with van der Waals surface area (Å²) >= 11 is 5.83. The largest absolute Gasteiger partial charge is 0.506 e. The Morgan fingerprint density at radius 3 is 2.78 bits per heavy atom. The van der Waals surface area contributed by atoms with Crippen molar-refractivity contribution < 1.29 is 14.6 Å². The van der Waals surface area contributed by atoms with Crippen LogP contribution in [0, 0.1) is 12.3 Å². The Morgan fingerprint density at radius 2 is 2.28 bits per heavy atom. The molecule has 0 aliphatic carbocycles. The Labute approximate surface area is 110 Å². The van der Waals surface area contributed by atoms with E-state index in [1.165, 1.54) is 13.2 Å². The summed E-state index contributed by atoms with van der Waals surface area (Å²) in [5.41, 5.74) is 0.687. The third-order valence-electron chi connectivity index (χ3n) is 2.26. The van der Waals surface area contributed by atoms with Gasteiger partial charge in [-0.1, -0.05) is 30.2 Å². The van der Waals surface area contributed by atoms with E-state index in [9.17, 15) is 9.90 Å². The maximum absolute atomic E-state index is 11.4. The second-order valence-electron chi connectivity index (χ2n) is 3.30. The number of esters is 1. The highest BCUT2D eigenvalue weighted by Crippen LogP contribution is 2.24. The molecule has 0 aliphatic rings. The smallest absolute Gasteiger partial charge is 0.350 e. The molecule has 0 heterocycles. The summed E-state index contributed by atoms with van der Waals surface area (Å²) in [4.78, 5) is 11.4. The first-order valence-corrected chi connectivity index (χ1v) is 5.33. The zero-order chi connectivity index (χ0) is 13.7. The fraction of sp³-hybridized carbons (Fsp3) is 0.0714. The van der Waals surface area contributed by atoms with Crippen molar-refractivity contribution in [3.8, 4) is 12.3 Å². The van der Waals surface area contributed by atoms with E-state index in [-0.39, 0.29) is 11.3 Å². The van der Waals surface area contributed by atoms with E-state index in [4.69, 9.17) is 18.0 Å². The van der Waals surface area contributed by atoms with E-state index in [2.05, 4.69) is 17.2 Å². The SMILES string of the molecule is C#C/C(C(=O)OC)=C(/O)c1ccc(Cl)cc1C=C. The van der Waals surface area contributed by atoms with E-state index in [0.717, 1.165) is 0 Å². The van der Waals surface area contributed by atoms with Gasteiger partial charge in [0.1, 0.15) is 5.76 Å². The molecule has 0 atom stereocenters. The molecule has 0 spiro atoms. The van der Waals surface area contributed by atoms with E-state index >= 15 is 0 Å². The molecule has 0 aliphatic heterocycles. The highest BCUT2D eigenvalue weighted by molar-refractivity contribution is 6.30. The van der Waals surface area contributed by atoms with Crippen LogP contribution in [0.15, 0.2) is 30.4 Å². The first-order valence-electron chi connectivity index (χ1n) is 4.95. The van der Waals surface area contributed by atoms with Gasteiger partial charge < -0.3 is 9.84 Å². The molecule has 0 saturated carbocycles. The van der Waals surface area contributed by atoms with Gasteiger partial charge in [0, 0.05) is 10.6 Å². The molecule has 0 fully saturated rings. The van der Waals surface area contributed by atoms with Crippen LogP contribution in [0.3, 0.4) is 0 Å². The Bertz CT molecular complexity index is 565. The minimum atomic E-state index is -0.778. The van der Waals surface area contributed by atoms with Crippen LogP contribution in [-0.4, -0.2) is 18.2 Å². The van der Waals surface area contributed by atoms with Gasteiger partial charge in [0.15, 0.2) is 5.57 Å². The quantitative estimate of drug-likeness (QED) is 0.394. The number of aliphatic hydroxyl groups excluding tert-OH is 1. The lowest BCUT2D eigenvalue weighted by Crippen LogP contribution is -2.06. The van der Waals surface area contributed by atoms with Crippen LogP contribution >= 0.6 is 11.6 Å². The first kappa shape index (κ1) is 13.9. The predicted molar refractivity (Wildman–Crippen MR) is 71.9 cm³/mol. The fourth-order valence-electron chi connectivity index (χ4n) is 1.38. The summed E-state index contributed by atoms with van der Waals surface area (Å²) < 4.78 is 4.49. The number of ether oxygens (including phenoxy) is 1. The molecule has 0 saturated heterocycles. The third-order valence-corrected chi connectivity index (χ3v) is 2.49. The highest BCUT2D eigenvalue weighted by atomic mass is 35.5. The summed E-state index contributed by atoms with van der Waals surface area (Å²) in [6.07, 6.45) is 6.69. The molecule has 4 heteroatoms. The number of carbonyl (C=O) groups excluding carboxylic acids is 1. The van der Waals surface area contributed by atoms with Crippen LogP contribution in [0.4, 0.5) is 0 Å². The van der Waals surface area contributed by atoms with Crippen molar-refractivity contribution in [1.29, 1.82) is 0 Å². The third kappa shape index (κ3) is 2.73. The summed E-state index contributed by atoms with van der Waals surface area (Å²) in [5, 5.41) is 10.5. The number of hydrogen-bond donors (Lipinski definition) is 1. The molecule has 92 valence electrons. The molecule has 18 heavy (non-hydrogen) atoms. The fourth-order valence-corrected chi connectivity index (χ4v) is 1.56. The Balaban J connectivity index is 3.46. The molecule has 1 rings (SSSR count). The van der Waals surface area contributed by atoms with Crippen LogP contribution < -0.4 is 0 Å². The summed E-state index contributed by atoms with van der Waals surface area (Å²) in [5.74, 6) is 0.990. The molecule has 1 aromatic carbocycles. The number of terminal acetylenes is 1. The normalized spacial score (nSPS) is 11.2. The van der Waals surface area contributed by atoms with Gasteiger partial charge in [-0.25, -0.2) is 4.79 Å². The Hall–Kier alpha value is -2.18. The number of rotatable bonds is 3. The van der Waals surface area contributed by atoms with Gasteiger partial charge in [0.2, 0.25) is 0 Å². The van der Waals surface area contributed by atoms with E-state index < -0.39 is 5.97 Å². The van der Waals surface area contributed by atoms with Crippen molar-refractivity contribution in [2.24, 2.45) is 0 Å². The second-order valence-corrected chi connectivity index (χ2v) is 3.73. The Kier molecular flexibility index (Phi) is 4.59. The van der Waals surface area contributed by atoms with E-state index in [0.29, 0.717) is 16.1 Å². The zero-order valence-electron chi connectivity index (χ0n) is 9.74. The lowest BCUT2D eigenvalue weighted by atomic mass is 10.0. The van der Waals surface area contributed by atoms with Crippen LogP contribution in [0.25, 0.3) is 11.8 Å². The molecule has 0 bridgehead atoms. The molecule has 0 aromatic heterocycles. The molecular weight excluding hydrogens is 252 g/mol. The minimum absolute atomic E-state index is 0.247. The van der Waals surface area contributed by atoms with Crippen LogP contribution in [-0.2, 0) is 9.53 Å². The van der Waals surface area contributed by atoms with Crippen LogP contribution in [0.2, 0.25) is 5.02 Å². The van der Waals surface area contributed by atoms with Gasteiger partial charge in [-0.3, -0.25) is 0 Å². The van der Waals surface area contributed by atoms with Crippen molar-refractivity contribution in [3.05, 3.63) is 46.5 Å². The maximum atomic E-state index is 11.4. The van der Waals surface area contributed by atoms with Crippen molar-refractivity contribution in [1.82, 2.24) is 0 Å². The van der Waals surface area contributed by atoms with Gasteiger partial charge in [0.05, 0.1) is 7.11 Å². The molecule has 0 radical (unpaired) electrons. The Morgan fingerprint density at radius 1 is 1.61 bits per heavy atom. The van der Waals surface area contributed by atoms with Crippen LogP contribution in [0.5, 0.6) is 0 Å². The topological polar surface area (TPSA) is 46.5 Å². The van der Waals surface area contributed by atoms with Crippen molar-refractivity contribution in [2.75, 3.05) is 7.11 Å². The summed E-state index contributed by atoms with van der Waals surface area (Å²) in [6.45, 7) is 3.61. The number of carbonyl (C=O) groups is 1. The lowest BCUT2D eigenvalue weighted by molar-refractivity contribution is -0.135. The van der Waals surface area contributed by atoms with Gasteiger partial charge in [-0.2, -0.15) is 0 Å². The van der Waals surface area contributed by atoms with Crippen molar-refractivity contribution in [3.63, 3.8) is 0 Å². The molecular formula is C14H11ClO3. The minimum Gasteiger partial charge on any atom is -0.506 e. The standard InChI is InChI=1S/C14H11ClO3/c1-4-9-8-10(15)6-7-12(9)13(16)11(5-2)14(17)18-3/h2,4,6-8,16H,1H2,3H3/b13-11-. The molecule has 1 aromatic rings. The van der Waals surface area contributed by atoms with Gasteiger partial charge in [-0.15, -0.1) is 6.42 Å². The van der Waals surface area contributed by atoms with Gasteiger partial charge >= 0.3 is 5.97 Å². The maximum Gasteiger partial charge on any atom is 0.350 e. The summed E-state index contributed by atoms with van der Waals surface area (Å²) in [7, 11) is 1.18. The monoisotopic (exact) mass is 262 g/mol. The predicted octanol–water partition coefficient (Wildman–Crippen LogP) is 3.06. The number of methoxy groups -OCH3 is 1. The van der Waals surface area contributed by atoms with Crippen molar-refractivity contribution in [2.45, 2.75) is 0 Å². The first-order chi connectivity index (χ1) is 8.54. The van der Waals surface area contributed by atoms with E-state index in [1.54, 1.807) is 18.2 Å². The van der Waals surface area contributed by atoms with Crippen molar-refractivity contribution >= 4 is 29.4 Å². The van der Waals surface area contributed by atoms with E-state index in [1.807, 2.05) is 0 Å². The number of aliphatic hydroxyl groups is 1. The van der Waals surface area contributed by atoms with Gasteiger partial charge in [-0.05, 0) is 23.8 Å². The molecule has 0 unspecified atom stereocenters. The second kappa shape index (κ2) is 5.95. The summed E-state index contributed by atoms with van der Waals surface area (Å²) in [6, 6.07) is 4.73. The molecule has 1 N–H and O–H groups in total. The molecule has 0 amide bonds. The number of halogens is 1. The highest BCUT2D eigenvalue weighted by Gasteiger charge is 2.16. The van der Waals surface area contributed by atoms with Crippen LogP contribution in [0.1, 0.15) is 11.1 Å². The average molecular weight is 263 g/mol. The average Bonchev–Trinajstić information content (AvgIpc) is 2.38. The lowest BCUT2D eigenvalue weighted by Gasteiger charge is -2.08. The number of benzene rings is 1. The number of hydrogen-bond acceptors (Lipinski definition) is 3.